The van der Waals surface area contributed by atoms with Crippen LogP contribution in [0.1, 0.15) is 58.3 Å². The molecule has 0 aliphatic heterocycles. The molecule has 0 spiro atoms. The molecule has 0 aliphatic rings. The molecule has 0 fully saturated rings. The summed E-state index contributed by atoms with van der Waals surface area (Å²) in [6.07, 6.45) is 0.939. The maximum atomic E-state index is 12.5. The van der Waals surface area contributed by atoms with E-state index in [1.54, 1.807) is 11.8 Å². The molecule has 0 heterocycles. The molecule has 1 aromatic rings. The lowest BCUT2D eigenvalue weighted by atomic mass is 9.81. The van der Waals surface area contributed by atoms with Crippen molar-refractivity contribution in [2.45, 2.75) is 58.4 Å². The number of thioether (sulfide) groups is 1. The lowest BCUT2D eigenvalue weighted by Gasteiger charge is -2.33. The lowest BCUT2D eigenvalue weighted by Crippen LogP contribution is -2.45. The largest absolute Gasteiger partial charge is 0.347 e. The van der Waals surface area contributed by atoms with Crippen molar-refractivity contribution in [1.82, 2.24) is 5.32 Å². The highest BCUT2D eigenvalue weighted by Gasteiger charge is 2.27. The topological polar surface area (TPSA) is 29.1 Å². The highest BCUT2D eigenvalue weighted by molar-refractivity contribution is 7.99. The summed E-state index contributed by atoms with van der Waals surface area (Å²) in [5.74, 6) is 0.992. The van der Waals surface area contributed by atoms with Gasteiger partial charge < -0.3 is 5.32 Å². The molecule has 112 valence electrons. The number of nitrogens with one attached hydrogen (secondary N) is 1. The van der Waals surface area contributed by atoms with E-state index in [9.17, 15) is 4.79 Å². The quantitative estimate of drug-likeness (QED) is 0.794. The molecule has 2 nitrogen and oxygen atoms in total. The first-order chi connectivity index (χ1) is 9.14. The minimum absolute atomic E-state index is 0.0239. The third-order valence-corrected chi connectivity index (χ3v) is 3.81. The van der Waals surface area contributed by atoms with Crippen LogP contribution in [-0.4, -0.2) is 17.2 Å². The van der Waals surface area contributed by atoms with E-state index >= 15 is 0 Å². The van der Waals surface area contributed by atoms with Gasteiger partial charge >= 0.3 is 0 Å². The summed E-state index contributed by atoms with van der Waals surface area (Å²) in [6, 6.07) is 7.82. The molecule has 0 aliphatic carbocycles. The van der Waals surface area contributed by atoms with E-state index in [2.05, 4.69) is 46.9 Å². The van der Waals surface area contributed by atoms with Gasteiger partial charge in [-0.15, -0.1) is 11.8 Å². The third kappa shape index (κ3) is 5.58. The Hall–Kier alpha value is -0.960. The van der Waals surface area contributed by atoms with Crippen LogP contribution in [0.4, 0.5) is 0 Å². The molecular weight excluding hydrogens is 266 g/mol. The second-order valence-electron chi connectivity index (χ2n) is 7.00. The first kappa shape index (κ1) is 17.1. The molecule has 1 N–H and O–H groups in total. The van der Waals surface area contributed by atoms with Gasteiger partial charge in [0.25, 0.3) is 5.91 Å². The first-order valence-corrected chi connectivity index (χ1v) is 8.17. The fourth-order valence-electron chi connectivity index (χ4n) is 2.68. The number of amides is 1. The van der Waals surface area contributed by atoms with Crippen molar-refractivity contribution in [3.8, 4) is 0 Å². The summed E-state index contributed by atoms with van der Waals surface area (Å²) in [4.78, 5) is 13.6. The van der Waals surface area contributed by atoms with Gasteiger partial charge in [0.15, 0.2) is 0 Å². The summed E-state index contributed by atoms with van der Waals surface area (Å²) in [6.45, 7) is 12.9. The van der Waals surface area contributed by atoms with Crippen molar-refractivity contribution >= 4 is 17.7 Å². The molecular formula is C17H27NOS. The summed E-state index contributed by atoms with van der Waals surface area (Å²) in [5.41, 5.74) is 0.759. The van der Waals surface area contributed by atoms with Crippen LogP contribution in [-0.2, 0) is 0 Å². The van der Waals surface area contributed by atoms with Gasteiger partial charge in [-0.1, -0.05) is 39.8 Å². The highest BCUT2D eigenvalue weighted by Crippen LogP contribution is 2.28. The van der Waals surface area contributed by atoms with E-state index in [4.69, 9.17) is 0 Å². The summed E-state index contributed by atoms with van der Waals surface area (Å²) >= 11 is 1.71. The van der Waals surface area contributed by atoms with Gasteiger partial charge in [0.05, 0.1) is 5.56 Å². The summed E-state index contributed by atoms with van der Waals surface area (Å²) < 4.78 is 0. The molecule has 0 aromatic heterocycles. The Balaban J connectivity index is 2.86. The van der Waals surface area contributed by atoms with Gasteiger partial charge in [-0.25, -0.2) is 0 Å². The molecule has 0 radical (unpaired) electrons. The molecule has 1 rings (SSSR count). The maximum absolute atomic E-state index is 12.5. The average Bonchev–Trinajstić information content (AvgIpc) is 2.25. The zero-order valence-electron chi connectivity index (χ0n) is 13.5. The van der Waals surface area contributed by atoms with E-state index in [0.29, 0.717) is 0 Å². The Morgan fingerprint density at radius 3 is 2.30 bits per heavy atom. The number of rotatable bonds is 5. The van der Waals surface area contributed by atoms with Crippen LogP contribution in [0, 0.1) is 5.41 Å². The van der Waals surface area contributed by atoms with Crippen LogP contribution < -0.4 is 5.32 Å². The normalized spacial score (nSPS) is 12.3. The first-order valence-electron chi connectivity index (χ1n) is 7.19. The minimum Gasteiger partial charge on any atom is -0.347 e. The zero-order valence-corrected chi connectivity index (χ0v) is 14.4. The molecule has 1 aromatic carbocycles. The zero-order chi connectivity index (χ0) is 15.4. The van der Waals surface area contributed by atoms with Gasteiger partial charge in [0.1, 0.15) is 0 Å². The third-order valence-electron chi connectivity index (χ3n) is 2.86. The van der Waals surface area contributed by atoms with E-state index in [-0.39, 0.29) is 16.9 Å². The molecule has 0 unspecified atom stereocenters. The van der Waals surface area contributed by atoms with Crippen LogP contribution in [0.15, 0.2) is 29.2 Å². The Morgan fingerprint density at radius 2 is 1.75 bits per heavy atom. The van der Waals surface area contributed by atoms with Crippen LogP contribution in [0.5, 0.6) is 0 Å². The molecule has 20 heavy (non-hydrogen) atoms. The van der Waals surface area contributed by atoms with Crippen molar-refractivity contribution in [1.29, 1.82) is 0 Å². The second kappa shape index (κ2) is 6.66. The van der Waals surface area contributed by atoms with E-state index in [1.165, 1.54) is 0 Å². The van der Waals surface area contributed by atoms with Crippen molar-refractivity contribution in [3.63, 3.8) is 0 Å². The van der Waals surface area contributed by atoms with Gasteiger partial charge in [-0.2, -0.15) is 0 Å². The Bertz CT molecular complexity index is 460. The van der Waals surface area contributed by atoms with Crippen LogP contribution in [0.2, 0.25) is 0 Å². The van der Waals surface area contributed by atoms with Crippen molar-refractivity contribution in [2.24, 2.45) is 5.41 Å². The monoisotopic (exact) mass is 293 g/mol. The number of hydrogen-bond donors (Lipinski definition) is 1. The SMILES string of the molecule is CCSc1ccccc1C(=O)NC(C)(C)CC(C)(C)C. The van der Waals surface area contributed by atoms with Crippen LogP contribution in [0.3, 0.4) is 0 Å². The number of carbonyl (C=O) groups excluding carboxylic acids is 1. The Kier molecular flexibility index (Phi) is 5.69. The smallest absolute Gasteiger partial charge is 0.252 e. The average molecular weight is 293 g/mol. The van der Waals surface area contributed by atoms with Crippen LogP contribution in [0.25, 0.3) is 0 Å². The molecule has 0 saturated heterocycles. The Labute approximate surface area is 127 Å². The fraction of sp³-hybridized carbons (Fsp3) is 0.588. The number of hydrogen-bond acceptors (Lipinski definition) is 2. The predicted molar refractivity (Wildman–Crippen MR) is 88.5 cm³/mol. The minimum atomic E-state index is -0.209. The van der Waals surface area contributed by atoms with Gasteiger partial charge in [0, 0.05) is 10.4 Å². The number of carbonyl (C=O) groups is 1. The standard InChI is InChI=1S/C17H27NOS/c1-7-20-14-11-9-8-10-13(14)15(19)18-17(5,6)12-16(2,3)4/h8-11H,7,12H2,1-6H3,(H,18,19). The molecule has 0 bridgehead atoms. The second-order valence-corrected chi connectivity index (χ2v) is 8.31. The van der Waals surface area contributed by atoms with E-state index in [1.807, 2.05) is 24.3 Å². The molecule has 0 saturated carbocycles. The molecule has 0 atom stereocenters. The van der Waals surface area contributed by atoms with Gasteiger partial charge in [0.2, 0.25) is 0 Å². The summed E-state index contributed by atoms with van der Waals surface area (Å²) in [7, 11) is 0. The van der Waals surface area contributed by atoms with E-state index in [0.717, 1.165) is 22.6 Å². The van der Waals surface area contributed by atoms with Crippen LogP contribution >= 0.6 is 11.8 Å². The maximum Gasteiger partial charge on any atom is 0.252 e. The van der Waals surface area contributed by atoms with Crippen molar-refractivity contribution in [2.75, 3.05) is 5.75 Å². The number of benzene rings is 1. The van der Waals surface area contributed by atoms with Crippen molar-refractivity contribution < 1.29 is 4.79 Å². The summed E-state index contributed by atoms with van der Waals surface area (Å²) in [5, 5.41) is 3.18. The fourth-order valence-corrected chi connectivity index (χ4v) is 3.48. The molecule has 3 heteroatoms. The Morgan fingerprint density at radius 1 is 1.15 bits per heavy atom. The van der Waals surface area contributed by atoms with Crippen molar-refractivity contribution in [3.05, 3.63) is 29.8 Å². The highest BCUT2D eigenvalue weighted by atomic mass is 32.2. The van der Waals surface area contributed by atoms with E-state index < -0.39 is 0 Å². The predicted octanol–water partition coefficient (Wildman–Crippen LogP) is 4.74. The lowest BCUT2D eigenvalue weighted by molar-refractivity contribution is 0.0888. The molecule has 1 amide bonds. The van der Waals surface area contributed by atoms with Gasteiger partial charge in [-0.3, -0.25) is 4.79 Å². The van der Waals surface area contributed by atoms with Gasteiger partial charge in [-0.05, 0) is 43.6 Å².